The zero-order valence-electron chi connectivity index (χ0n) is 18.6. The second kappa shape index (κ2) is 10.8. The van der Waals surface area contributed by atoms with Crippen LogP contribution in [0.25, 0.3) is 0 Å². The number of aromatic nitrogens is 1. The van der Waals surface area contributed by atoms with Crippen LogP contribution in [0, 0.1) is 5.92 Å². The molecule has 9 nitrogen and oxygen atoms in total. The number of anilines is 1. The average Bonchev–Trinajstić information content (AvgIpc) is 2.81. The molecule has 32 heavy (non-hydrogen) atoms. The predicted octanol–water partition coefficient (Wildman–Crippen LogP) is 1.55. The van der Waals surface area contributed by atoms with E-state index in [4.69, 9.17) is 9.47 Å². The lowest BCUT2D eigenvalue weighted by atomic mass is 10.0. The molecule has 0 unspecified atom stereocenters. The molecule has 1 amide bonds. The van der Waals surface area contributed by atoms with E-state index in [0.717, 1.165) is 24.5 Å². The minimum absolute atomic E-state index is 0.0682. The van der Waals surface area contributed by atoms with Crippen molar-refractivity contribution >= 4 is 21.7 Å². The van der Waals surface area contributed by atoms with Crippen molar-refractivity contribution in [2.75, 3.05) is 38.3 Å². The van der Waals surface area contributed by atoms with E-state index in [1.54, 1.807) is 32.2 Å². The van der Waals surface area contributed by atoms with E-state index in [2.05, 4.69) is 19.9 Å². The van der Waals surface area contributed by atoms with Gasteiger partial charge in [0, 0.05) is 31.4 Å². The summed E-state index contributed by atoms with van der Waals surface area (Å²) >= 11 is 0. The smallest absolute Gasteiger partial charge is 0.241 e. The third-order valence-electron chi connectivity index (χ3n) is 5.23. The number of hydrogen-bond acceptors (Lipinski definition) is 7. The van der Waals surface area contributed by atoms with Crippen molar-refractivity contribution < 1.29 is 22.7 Å². The summed E-state index contributed by atoms with van der Waals surface area (Å²) in [5, 5.41) is 2.87. The second-order valence-corrected chi connectivity index (χ2v) is 9.54. The van der Waals surface area contributed by atoms with Gasteiger partial charge < -0.3 is 19.7 Å². The molecule has 1 saturated heterocycles. The van der Waals surface area contributed by atoms with E-state index < -0.39 is 22.0 Å². The van der Waals surface area contributed by atoms with Crippen LogP contribution in [0.2, 0.25) is 0 Å². The van der Waals surface area contributed by atoms with Gasteiger partial charge in [-0.15, -0.1) is 0 Å². The van der Waals surface area contributed by atoms with E-state index in [1.165, 1.54) is 19.2 Å². The number of carbonyl (C=O) groups is 1. The fraction of sp³-hybridized carbons (Fsp3) is 0.455. The Hall–Kier alpha value is -2.69. The molecule has 0 aliphatic carbocycles. The Kier molecular flexibility index (Phi) is 8.05. The van der Waals surface area contributed by atoms with Crippen LogP contribution in [-0.2, 0) is 26.1 Å². The number of sulfonamides is 1. The van der Waals surface area contributed by atoms with Crippen LogP contribution in [0.4, 0.5) is 5.82 Å². The topological polar surface area (TPSA) is 110 Å². The van der Waals surface area contributed by atoms with Gasteiger partial charge in [-0.3, -0.25) is 4.79 Å². The number of carbonyl (C=O) groups excluding carboxylic acids is 1. The summed E-state index contributed by atoms with van der Waals surface area (Å²) in [5.74, 6) is 0.704. The van der Waals surface area contributed by atoms with Gasteiger partial charge in [0.2, 0.25) is 15.9 Å². The third kappa shape index (κ3) is 5.96. The number of pyridine rings is 1. The number of morpholine rings is 1. The van der Waals surface area contributed by atoms with Crippen LogP contribution < -0.4 is 19.7 Å². The van der Waals surface area contributed by atoms with Crippen LogP contribution in [0.15, 0.2) is 47.5 Å². The molecule has 0 bridgehead atoms. The van der Waals surface area contributed by atoms with Crippen LogP contribution in [0.3, 0.4) is 0 Å². The summed E-state index contributed by atoms with van der Waals surface area (Å²) in [7, 11) is -2.38. The van der Waals surface area contributed by atoms with E-state index in [1.807, 2.05) is 12.1 Å². The summed E-state index contributed by atoms with van der Waals surface area (Å²) in [5.41, 5.74) is 0.864. The van der Waals surface area contributed by atoms with Crippen molar-refractivity contribution in [3.63, 3.8) is 0 Å². The van der Waals surface area contributed by atoms with Crippen molar-refractivity contribution in [1.29, 1.82) is 0 Å². The summed E-state index contributed by atoms with van der Waals surface area (Å²) in [4.78, 5) is 19.6. The van der Waals surface area contributed by atoms with Gasteiger partial charge in [0.1, 0.15) is 17.6 Å². The largest absolute Gasteiger partial charge is 0.497 e. The molecule has 1 fully saturated rings. The van der Waals surface area contributed by atoms with Gasteiger partial charge in [-0.2, -0.15) is 4.72 Å². The monoisotopic (exact) mass is 462 g/mol. The Morgan fingerprint density at radius 2 is 1.88 bits per heavy atom. The maximum atomic E-state index is 12.9. The molecule has 3 rings (SSSR count). The lowest BCUT2D eigenvalue weighted by molar-refractivity contribution is -0.123. The molecule has 1 aliphatic rings. The number of nitrogens with one attached hydrogen (secondary N) is 2. The zero-order chi connectivity index (χ0) is 23.1. The molecular weight excluding hydrogens is 432 g/mol. The fourth-order valence-corrected chi connectivity index (χ4v) is 4.75. The van der Waals surface area contributed by atoms with Crippen LogP contribution in [0.5, 0.6) is 5.75 Å². The Morgan fingerprint density at radius 1 is 1.19 bits per heavy atom. The molecule has 0 spiro atoms. The van der Waals surface area contributed by atoms with E-state index >= 15 is 0 Å². The van der Waals surface area contributed by atoms with Gasteiger partial charge in [-0.05, 0) is 36.2 Å². The molecule has 174 valence electrons. The first-order valence-corrected chi connectivity index (χ1v) is 12.0. The molecule has 2 aromatic rings. The Balaban J connectivity index is 1.69. The van der Waals surface area contributed by atoms with Gasteiger partial charge in [0.05, 0.1) is 25.2 Å². The maximum Gasteiger partial charge on any atom is 0.241 e. The predicted molar refractivity (Wildman–Crippen MR) is 121 cm³/mol. The molecule has 2 heterocycles. The lowest BCUT2D eigenvalue weighted by Gasteiger charge is -2.29. The zero-order valence-corrected chi connectivity index (χ0v) is 19.4. The van der Waals surface area contributed by atoms with E-state index in [0.29, 0.717) is 19.0 Å². The molecule has 1 aromatic heterocycles. The highest BCUT2D eigenvalue weighted by molar-refractivity contribution is 7.89. The average molecular weight is 463 g/mol. The SMILES string of the molecule is COc1ccc(S(=O)(=O)N[C@H](C(=O)NCc2cccnc2N2CCOCC2)C(C)C)cc1. The number of hydrogen-bond donors (Lipinski definition) is 2. The molecule has 0 radical (unpaired) electrons. The minimum atomic E-state index is -3.88. The second-order valence-electron chi connectivity index (χ2n) is 7.82. The summed E-state index contributed by atoms with van der Waals surface area (Å²) in [6, 6.07) is 8.82. The number of nitrogens with zero attached hydrogens (tertiary/aromatic N) is 2. The van der Waals surface area contributed by atoms with E-state index in [9.17, 15) is 13.2 Å². The molecule has 0 saturated carbocycles. The number of methoxy groups -OCH3 is 1. The van der Waals surface area contributed by atoms with Gasteiger partial charge >= 0.3 is 0 Å². The molecule has 1 aliphatic heterocycles. The van der Waals surface area contributed by atoms with Gasteiger partial charge in [0.25, 0.3) is 0 Å². The number of amides is 1. The van der Waals surface area contributed by atoms with Crippen LogP contribution in [0.1, 0.15) is 19.4 Å². The van der Waals surface area contributed by atoms with E-state index in [-0.39, 0.29) is 17.4 Å². The standard InChI is InChI=1S/C22H30N4O5S/c1-16(2)20(25-32(28,29)19-8-6-18(30-3)7-9-19)22(27)24-15-17-5-4-10-23-21(17)26-11-13-31-14-12-26/h4-10,16,20,25H,11-15H2,1-3H3,(H,24,27)/t20-/m0/s1. The quantitative estimate of drug-likeness (QED) is 0.582. The first kappa shape index (κ1) is 24.0. The summed E-state index contributed by atoms with van der Waals surface area (Å²) < 4.78 is 38.7. The highest BCUT2D eigenvalue weighted by Crippen LogP contribution is 2.19. The van der Waals surface area contributed by atoms with Crippen molar-refractivity contribution in [2.45, 2.75) is 31.3 Å². The van der Waals surface area contributed by atoms with Crippen LogP contribution in [-0.4, -0.2) is 58.8 Å². The van der Waals surface area contributed by atoms with Crippen LogP contribution >= 0.6 is 0 Å². The van der Waals surface area contributed by atoms with Crippen molar-refractivity contribution in [2.24, 2.45) is 5.92 Å². The van der Waals surface area contributed by atoms with Gasteiger partial charge in [-0.25, -0.2) is 13.4 Å². The van der Waals surface area contributed by atoms with Gasteiger partial charge in [0.15, 0.2) is 0 Å². The van der Waals surface area contributed by atoms with Crippen molar-refractivity contribution in [1.82, 2.24) is 15.0 Å². The highest BCUT2D eigenvalue weighted by Gasteiger charge is 2.28. The molecule has 1 aromatic carbocycles. The first-order chi connectivity index (χ1) is 15.3. The van der Waals surface area contributed by atoms with Crippen molar-refractivity contribution in [3.8, 4) is 5.75 Å². The Labute approximate surface area is 189 Å². The molecule has 10 heteroatoms. The molecule has 1 atom stereocenters. The third-order valence-corrected chi connectivity index (χ3v) is 6.69. The Morgan fingerprint density at radius 3 is 2.50 bits per heavy atom. The first-order valence-electron chi connectivity index (χ1n) is 10.5. The molecule has 2 N–H and O–H groups in total. The number of ether oxygens (including phenoxy) is 2. The highest BCUT2D eigenvalue weighted by atomic mass is 32.2. The number of rotatable bonds is 9. The Bertz CT molecular complexity index is 1010. The molecular formula is C22H30N4O5S. The van der Waals surface area contributed by atoms with Gasteiger partial charge in [-0.1, -0.05) is 19.9 Å². The van der Waals surface area contributed by atoms with Crippen molar-refractivity contribution in [3.05, 3.63) is 48.2 Å². The minimum Gasteiger partial charge on any atom is -0.497 e. The maximum absolute atomic E-state index is 12.9. The summed E-state index contributed by atoms with van der Waals surface area (Å²) in [6.07, 6.45) is 1.72. The summed E-state index contributed by atoms with van der Waals surface area (Å²) in [6.45, 7) is 6.55. The number of benzene rings is 1. The normalized spacial score (nSPS) is 15.4. The lowest BCUT2D eigenvalue weighted by Crippen LogP contribution is -2.49. The fourth-order valence-electron chi connectivity index (χ4n) is 3.40.